The summed E-state index contributed by atoms with van der Waals surface area (Å²) in [6.45, 7) is 5.89. The highest BCUT2D eigenvalue weighted by atomic mass is 35.5. The standard InChI is InChI=1S/C13H20ClN3/c1-3-7-16-13(17-8-4-2)11-9-10(14)5-6-12(11)15/h5-6,9H,3-4,7-8,15H2,1-2H3,(H,16,17). The zero-order valence-electron chi connectivity index (χ0n) is 10.5. The van der Waals surface area contributed by atoms with Gasteiger partial charge in [-0.05, 0) is 31.0 Å². The van der Waals surface area contributed by atoms with Gasteiger partial charge in [-0.2, -0.15) is 0 Å². The fourth-order valence-corrected chi connectivity index (χ4v) is 1.61. The van der Waals surface area contributed by atoms with Crippen LogP contribution < -0.4 is 11.1 Å². The molecule has 0 unspecified atom stereocenters. The van der Waals surface area contributed by atoms with Gasteiger partial charge in [0.1, 0.15) is 5.84 Å². The molecule has 0 amide bonds. The molecule has 0 aromatic heterocycles. The Morgan fingerprint density at radius 1 is 1.35 bits per heavy atom. The molecule has 0 atom stereocenters. The minimum Gasteiger partial charge on any atom is -0.398 e. The van der Waals surface area contributed by atoms with Crippen molar-refractivity contribution in [3.8, 4) is 0 Å². The van der Waals surface area contributed by atoms with E-state index < -0.39 is 0 Å². The predicted molar refractivity (Wildman–Crippen MR) is 75.9 cm³/mol. The third-order valence-electron chi connectivity index (χ3n) is 2.31. The first-order chi connectivity index (χ1) is 8.19. The highest BCUT2D eigenvalue weighted by Crippen LogP contribution is 2.18. The van der Waals surface area contributed by atoms with Crippen LogP contribution in [0.1, 0.15) is 32.3 Å². The number of amidine groups is 1. The zero-order chi connectivity index (χ0) is 12.7. The van der Waals surface area contributed by atoms with Crippen molar-refractivity contribution in [1.82, 2.24) is 5.32 Å². The number of nitrogen functional groups attached to an aromatic ring is 1. The van der Waals surface area contributed by atoms with Crippen LogP contribution in [-0.2, 0) is 0 Å². The third kappa shape index (κ3) is 4.27. The van der Waals surface area contributed by atoms with Gasteiger partial charge in [-0.15, -0.1) is 0 Å². The summed E-state index contributed by atoms with van der Waals surface area (Å²) >= 11 is 5.99. The maximum atomic E-state index is 5.99. The van der Waals surface area contributed by atoms with Crippen molar-refractivity contribution < 1.29 is 0 Å². The third-order valence-corrected chi connectivity index (χ3v) is 2.54. The highest BCUT2D eigenvalue weighted by Gasteiger charge is 2.07. The number of anilines is 1. The van der Waals surface area contributed by atoms with Crippen LogP contribution in [0.15, 0.2) is 23.2 Å². The Labute approximate surface area is 108 Å². The van der Waals surface area contributed by atoms with E-state index in [4.69, 9.17) is 17.3 Å². The Bertz CT molecular complexity index is 388. The molecular formula is C13H20ClN3. The summed E-state index contributed by atoms with van der Waals surface area (Å²) in [6, 6.07) is 5.46. The SMILES string of the molecule is CCCN=C(NCCC)c1cc(Cl)ccc1N. The molecule has 0 saturated carbocycles. The zero-order valence-corrected chi connectivity index (χ0v) is 11.2. The lowest BCUT2D eigenvalue weighted by molar-refractivity contribution is 0.827. The molecule has 0 aliphatic carbocycles. The molecule has 1 aromatic rings. The molecule has 0 radical (unpaired) electrons. The van der Waals surface area contributed by atoms with E-state index in [0.717, 1.165) is 37.3 Å². The van der Waals surface area contributed by atoms with Crippen molar-refractivity contribution in [2.75, 3.05) is 18.8 Å². The largest absolute Gasteiger partial charge is 0.398 e. The fourth-order valence-electron chi connectivity index (χ4n) is 1.44. The van der Waals surface area contributed by atoms with Crippen LogP contribution in [0.2, 0.25) is 5.02 Å². The van der Waals surface area contributed by atoms with Gasteiger partial charge in [-0.1, -0.05) is 25.4 Å². The summed E-state index contributed by atoms with van der Waals surface area (Å²) in [5.74, 6) is 0.841. The van der Waals surface area contributed by atoms with Crippen LogP contribution in [0.5, 0.6) is 0 Å². The number of nitrogens with one attached hydrogen (secondary N) is 1. The summed E-state index contributed by atoms with van der Waals surface area (Å²) in [5.41, 5.74) is 7.54. The number of rotatable bonds is 5. The number of aliphatic imine (C=N–C) groups is 1. The van der Waals surface area contributed by atoms with E-state index in [1.54, 1.807) is 6.07 Å². The van der Waals surface area contributed by atoms with E-state index in [-0.39, 0.29) is 0 Å². The summed E-state index contributed by atoms with van der Waals surface area (Å²) in [4.78, 5) is 4.52. The van der Waals surface area contributed by atoms with Crippen molar-refractivity contribution >= 4 is 23.1 Å². The Balaban J connectivity index is 2.98. The highest BCUT2D eigenvalue weighted by molar-refractivity contribution is 6.31. The van der Waals surface area contributed by atoms with Gasteiger partial charge >= 0.3 is 0 Å². The maximum absolute atomic E-state index is 5.99. The monoisotopic (exact) mass is 253 g/mol. The lowest BCUT2D eigenvalue weighted by Gasteiger charge is -2.12. The molecule has 1 aromatic carbocycles. The van der Waals surface area contributed by atoms with E-state index in [1.165, 1.54) is 0 Å². The first-order valence-corrected chi connectivity index (χ1v) is 6.40. The average molecular weight is 254 g/mol. The second-order valence-corrected chi connectivity index (χ2v) is 4.33. The van der Waals surface area contributed by atoms with E-state index in [1.807, 2.05) is 12.1 Å². The van der Waals surface area contributed by atoms with E-state index in [2.05, 4.69) is 24.2 Å². The first-order valence-electron chi connectivity index (χ1n) is 6.02. The molecule has 0 aliphatic heterocycles. The topological polar surface area (TPSA) is 50.4 Å². The molecule has 3 N–H and O–H groups in total. The summed E-state index contributed by atoms with van der Waals surface area (Å²) < 4.78 is 0. The van der Waals surface area contributed by atoms with Gasteiger partial charge in [0.25, 0.3) is 0 Å². The van der Waals surface area contributed by atoms with Gasteiger partial charge in [0.15, 0.2) is 0 Å². The van der Waals surface area contributed by atoms with Crippen LogP contribution in [0.25, 0.3) is 0 Å². The van der Waals surface area contributed by atoms with E-state index in [9.17, 15) is 0 Å². The molecule has 0 saturated heterocycles. The lowest BCUT2D eigenvalue weighted by atomic mass is 10.1. The minimum atomic E-state index is 0.677. The molecule has 3 nitrogen and oxygen atoms in total. The molecule has 94 valence electrons. The van der Waals surface area contributed by atoms with E-state index in [0.29, 0.717) is 10.7 Å². The predicted octanol–water partition coefficient (Wildman–Crippen LogP) is 3.08. The van der Waals surface area contributed by atoms with Crippen LogP contribution in [0.4, 0.5) is 5.69 Å². The van der Waals surface area contributed by atoms with Gasteiger partial charge in [0.05, 0.1) is 0 Å². The van der Waals surface area contributed by atoms with Crippen LogP contribution in [0.3, 0.4) is 0 Å². The first kappa shape index (κ1) is 13.8. The number of nitrogens with two attached hydrogens (primary N) is 1. The Kier molecular flexibility index (Phi) is 5.84. The summed E-state index contributed by atoms with van der Waals surface area (Å²) in [7, 11) is 0. The van der Waals surface area contributed by atoms with Crippen molar-refractivity contribution in [2.24, 2.45) is 4.99 Å². The van der Waals surface area contributed by atoms with Gasteiger partial charge in [-0.3, -0.25) is 4.99 Å². The number of hydrogen-bond donors (Lipinski definition) is 2. The Morgan fingerprint density at radius 3 is 2.76 bits per heavy atom. The van der Waals surface area contributed by atoms with Gasteiger partial charge in [0.2, 0.25) is 0 Å². The molecule has 0 heterocycles. The molecule has 0 bridgehead atoms. The van der Waals surface area contributed by atoms with Gasteiger partial charge in [-0.25, -0.2) is 0 Å². The average Bonchev–Trinajstić information content (AvgIpc) is 2.33. The minimum absolute atomic E-state index is 0.677. The molecule has 17 heavy (non-hydrogen) atoms. The van der Waals surface area contributed by atoms with Gasteiger partial charge in [0, 0.05) is 29.4 Å². The summed E-state index contributed by atoms with van der Waals surface area (Å²) in [6.07, 6.45) is 2.06. The normalized spacial score (nSPS) is 11.6. The number of benzene rings is 1. The molecule has 0 spiro atoms. The molecular weight excluding hydrogens is 234 g/mol. The van der Waals surface area contributed by atoms with Crippen molar-refractivity contribution in [2.45, 2.75) is 26.7 Å². The molecule has 0 fully saturated rings. The van der Waals surface area contributed by atoms with Crippen molar-refractivity contribution in [1.29, 1.82) is 0 Å². The number of hydrogen-bond acceptors (Lipinski definition) is 2. The van der Waals surface area contributed by atoms with Crippen molar-refractivity contribution in [3.63, 3.8) is 0 Å². The molecule has 1 rings (SSSR count). The Morgan fingerprint density at radius 2 is 2.12 bits per heavy atom. The number of halogens is 1. The lowest BCUT2D eigenvalue weighted by Crippen LogP contribution is -2.26. The van der Waals surface area contributed by atoms with E-state index >= 15 is 0 Å². The van der Waals surface area contributed by atoms with Crippen LogP contribution >= 0.6 is 11.6 Å². The number of nitrogens with zero attached hydrogens (tertiary/aromatic N) is 1. The fraction of sp³-hybridized carbons (Fsp3) is 0.462. The van der Waals surface area contributed by atoms with Crippen LogP contribution in [-0.4, -0.2) is 18.9 Å². The molecule has 4 heteroatoms. The summed E-state index contributed by atoms with van der Waals surface area (Å²) in [5, 5.41) is 3.98. The van der Waals surface area contributed by atoms with Crippen LogP contribution in [0, 0.1) is 0 Å². The second kappa shape index (κ2) is 7.17. The smallest absolute Gasteiger partial charge is 0.130 e. The van der Waals surface area contributed by atoms with Gasteiger partial charge < -0.3 is 11.1 Å². The quantitative estimate of drug-likeness (QED) is 0.481. The van der Waals surface area contributed by atoms with Crippen molar-refractivity contribution in [3.05, 3.63) is 28.8 Å². The second-order valence-electron chi connectivity index (χ2n) is 3.89. The molecule has 0 aliphatic rings. The maximum Gasteiger partial charge on any atom is 0.130 e. The Hall–Kier alpha value is -1.22.